The topological polar surface area (TPSA) is 227 Å². The first kappa shape index (κ1) is 49.7. The summed E-state index contributed by atoms with van der Waals surface area (Å²) >= 11 is 0. The average molecular weight is 961 g/mol. The molecule has 2 aliphatic heterocycles. The molecule has 3 aromatic carbocycles. The van der Waals surface area contributed by atoms with Gasteiger partial charge in [-0.25, -0.2) is 24.2 Å². The van der Waals surface area contributed by atoms with E-state index in [1.54, 1.807) is 21.1 Å². The van der Waals surface area contributed by atoms with Gasteiger partial charge in [0.15, 0.2) is 8.32 Å². The van der Waals surface area contributed by atoms with Crippen LogP contribution in [-0.4, -0.2) is 84.1 Å². The van der Waals surface area contributed by atoms with Crippen LogP contribution >= 0.6 is 7.75 Å². The molecule has 18 nitrogen and oxygen atoms in total. The molecule has 20 heteroatoms. The molecule has 0 radical (unpaired) electrons. The van der Waals surface area contributed by atoms with Gasteiger partial charge >= 0.3 is 19.1 Å². The lowest BCUT2D eigenvalue weighted by molar-refractivity contribution is -0.276. The van der Waals surface area contributed by atoms with Crippen LogP contribution in [0.15, 0.2) is 106 Å². The van der Waals surface area contributed by atoms with E-state index in [1.807, 2.05) is 78.9 Å². The van der Waals surface area contributed by atoms with E-state index in [0.717, 1.165) is 5.56 Å². The van der Waals surface area contributed by atoms with Crippen molar-refractivity contribution in [2.24, 2.45) is 0 Å². The van der Waals surface area contributed by atoms with E-state index in [9.17, 15) is 28.9 Å². The molecule has 2 fully saturated rings. The Morgan fingerprint density at radius 1 is 0.821 bits per heavy atom. The van der Waals surface area contributed by atoms with Gasteiger partial charge in [0, 0.05) is 30.8 Å². The Balaban J connectivity index is 1.24. The number of aromatic amines is 1. The van der Waals surface area contributed by atoms with Crippen molar-refractivity contribution in [2.45, 2.75) is 108 Å². The summed E-state index contributed by atoms with van der Waals surface area (Å²) in [5, 5.41) is 14.8. The smallest absolute Gasteiger partial charge is 0.403 e. The highest BCUT2D eigenvalue weighted by Crippen LogP contribution is 2.48. The Kier molecular flexibility index (Phi) is 14.7. The Morgan fingerprint density at radius 3 is 1.96 bits per heavy atom. The molecule has 4 heterocycles. The maximum atomic E-state index is 14.3. The van der Waals surface area contributed by atoms with Gasteiger partial charge < -0.3 is 38.1 Å². The molecule has 0 saturated carbocycles. The van der Waals surface area contributed by atoms with E-state index >= 15 is 0 Å². The molecule has 2 aromatic heterocycles. The normalized spacial score (nSPS) is 22.1. The third-order valence-corrected chi connectivity index (χ3v) is 18.6. The second-order valence-corrected chi connectivity index (χ2v) is 24.8. The van der Waals surface area contributed by atoms with Gasteiger partial charge in [0.1, 0.15) is 35.7 Å². The standard InChI is InChI=1S/C47H60N5O13PSi/c1-29-25-51(44(55)48-42(29)53)40-23-36(38(63-40)28-62-67(8,9)46(3,4)5)50-66(57,58)61-27-39-37(24-41(64-39)52-26-30(2)43(54)49-45(52)56)65-47(31-13-11-10-12-14-31,32-15-19-34(59-6)20-16-32)33-17-21-35(60-7)22-18-33/h10-22,25-26,36-41H,23-24,27-28H2,1-9H3,(H,48,53,55)(H,49,54,56)(H2,50,57,58)/p-1/t36-,37-,38+,39+,40+,41+/m0/s1. The molecule has 5 aromatic rings. The second kappa shape index (κ2) is 19.8. The van der Waals surface area contributed by atoms with Crippen molar-refractivity contribution in [1.29, 1.82) is 0 Å². The van der Waals surface area contributed by atoms with E-state index in [2.05, 4.69) is 48.9 Å². The van der Waals surface area contributed by atoms with Crippen molar-refractivity contribution in [3.63, 3.8) is 0 Å². The molecule has 0 bridgehead atoms. The Hall–Kier alpha value is -5.21. The predicted octanol–water partition coefficient (Wildman–Crippen LogP) is 5.55. The molecule has 3 N–H and O–H groups in total. The van der Waals surface area contributed by atoms with Crippen LogP contribution in [0.25, 0.3) is 0 Å². The summed E-state index contributed by atoms with van der Waals surface area (Å²) in [7, 11) is -3.98. The van der Waals surface area contributed by atoms with Gasteiger partial charge in [-0.2, -0.15) is 0 Å². The molecule has 1 unspecified atom stereocenters. The average Bonchev–Trinajstić information content (AvgIpc) is 3.89. The van der Waals surface area contributed by atoms with Crippen LogP contribution in [0, 0.1) is 13.8 Å². The minimum atomic E-state index is -4.77. The second-order valence-electron chi connectivity index (χ2n) is 18.4. The molecule has 67 heavy (non-hydrogen) atoms. The highest BCUT2D eigenvalue weighted by molar-refractivity contribution is 7.50. The Bertz CT molecular complexity index is 2690. The molecule has 360 valence electrons. The maximum Gasteiger partial charge on any atom is 0.403 e. The largest absolute Gasteiger partial charge is 0.858 e. The minimum absolute atomic E-state index is 0.0181. The van der Waals surface area contributed by atoms with Crippen LogP contribution in [0.3, 0.4) is 0 Å². The number of ether oxygens (including phenoxy) is 5. The summed E-state index contributed by atoms with van der Waals surface area (Å²) in [5.41, 5.74) is -0.816. The predicted molar refractivity (Wildman–Crippen MR) is 249 cm³/mol. The maximum absolute atomic E-state index is 14.3. The molecule has 0 amide bonds. The van der Waals surface area contributed by atoms with Crippen LogP contribution in [0.2, 0.25) is 18.1 Å². The van der Waals surface area contributed by atoms with Crippen molar-refractivity contribution < 1.29 is 47.2 Å². The van der Waals surface area contributed by atoms with Gasteiger partial charge in [-0.1, -0.05) is 75.4 Å². The summed E-state index contributed by atoms with van der Waals surface area (Å²) in [5.74, 6) is 0.567. The van der Waals surface area contributed by atoms with Crippen molar-refractivity contribution in [3.05, 3.63) is 150 Å². The first-order valence-electron chi connectivity index (χ1n) is 22.0. The van der Waals surface area contributed by atoms with Gasteiger partial charge in [0.25, 0.3) is 5.56 Å². The first-order valence-corrected chi connectivity index (χ1v) is 26.4. The highest BCUT2D eigenvalue weighted by atomic mass is 31.2. The molecular weight excluding hydrogens is 902 g/mol. The number of aromatic nitrogens is 4. The number of nitrogens with one attached hydrogen (secondary N) is 2. The number of hydrogen-bond acceptors (Lipinski definition) is 13. The van der Waals surface area contributed by atoms with Gasteiger partial charge in [0.05, 0.1) is 45.7 Å². The van der Waals surface area contributed by atoms with Crippen molar-refractivity contribution in [2.75, 3.05) is 27.4 Å². The van der Waals surface area contributed by atoms with Crippen molar-refractivity contribution in [1.82, 2.24) is 24.2 Å². The van der Waals surface area contributed by atoms with E-state index in [0.29, 0.717) is 22.6 Å². The number of H-pyrrole nitrogens is 1. The SMILES string of the molecule is COc1ccc(C(O[C@H]2C[C@H](n3cc(C)c(=O)[nH]c3=O)O[C@@H]2COP(=O)(O)N[C@H]2C[C@H](n3cc(C)c([O-])nc3=O)O[C@@H]2CO[Si](C)(C)C(C)(C)C)(c2ccccc2)c2ccc(OC)cc2)cc1. The summed E-state index contributed by atoms with van der Waals surface area (Å²) in [6, 6.07) is 23.5. The fourth-order valence-electron chi connectivity index (χ4n) is 8.08. The van der Waals surface area contributed by atoms with Gasteiger partial charge in [-0.05, 0) is 84.4 Å². The van der Waals surface area contributed by atoms with E-state index in [1.165, 1.54) is 28.5 Å². The zero-order valence-electron chi connectivity index (χ0n) is 39.1. The van der Waals surface area contributed by atoms with E-state index in [4.69, 9.17) is 32.6 Å². The highest BCUT2D eigenvalue weighted by Gasteiger charge is 2.48. The third kappa shape index (κ3) is 10.8. The van der Waals surface area contributed by atoms with Gasteiger partial charge in [-0.15, -0.1) is 0 Å². The Morgan fingerprint density at radius 2 is 1.37 bits per heavy atom. The van der Waals surface area contributed by atoms with E-state index < -0.39 is 87.9 Å². The number of benzene rings is 3. The van der Waals surface area contributed by atoms with Crippen LogP contribution in [0.5, 0.6) is 17.4 Å². The number of methoxy groups -OCH3 is 2. The van der Waals surface area contributed by atoms with Crippen molar-refractivity contribution >= 4 is 16.1 Å². The van der Waals surface area contributed by atoms with Crippen LogP contribution < -0.4 is 36.6 Å². The summed E-state index contributed by atoms with van der Waals surface area (Å²) in [4.78, 5) is 56.3. The Labute approximate surface area is 389 Å². The van der Waals surface area contributed by atoms with Crippen LogP contribution in [0.4, 0.5) is 0 Å². The number of rotatable bonds is 17. The lowest BCUT2D eigenvalue weighted by Gasteiger charge is -2.39. The monoisotopic (exact) mass is 960 g/mol. The zero-order valence-corrected chi connectivity index (χ0v) is 41.0. The fourth-order valence-corrected chi connectivity index (χ4v) is 10.2. The molecule has 0 aliphatic carbocycles. The minimum Gasteiger partial charge on any atom is -0.858 e. The summed E-state index contributed by atoms with van der Waals surface area (Å²) < 4.78 is 60.5. The van der Waals surface area contributed by atoms with Gasteiger partial charge in [0.2, 0.25) is 0 Å². The number of nitrogens with zero attached hydrogens (tertiary/aromatic N) is 3. The number of hydrogen-bond donors (Lipinski definition) is 3. The number of aryl methyl sites for hydroxylation is 2. The molecular formula is C47H59N5O13PSi-. The zero-order chi connectivity index (χ0) is 48.5. The first-order chi connectivity index (χ1) is 31.6. The lowest BCUT2D eigenvalue weighted by Crippen LogP contribution is -2.45. The van der Waals surface area contributed by atoms with E-state index in [-0.39, 0.29) is 35.6 Å². The van der Waals surface area contributed by atoms with Gasteiger partial charge in [-0.3, -0.25) is 23.4 Å². The molecule has 0 spiro atoms. The molecule has 7 rings (SSSR count). The molecule has 7 atom stereocenters. The summed E-state index contributed by atoms with van der Waals surface area (Å²) in [6.45, 7) is 13.0. The summed E-state index contributed by atoms with van der Waals surface area (Å²) in [6.07, 6.45) is -2.00. The van der Waals surface area contributed by atoms with Crippen LogP contribution in [0.1, 0.15) is 73.9 Å². The lowest BCUT2D eigenvalue weighted by atomic mass is 9.79. The third-order valence-electron chi connectivity index (χ3n) is 12.9. The van der Waals surface area contributed by atoms with Crippen molar-refractivity contribution in [3.8, 4) is 17.4 Å². The fraction of sp³-hybridized carbons (Fsp3) is 0.447. The molecule has 2 saturated heterocycles. The quantitative estimate of drug-likeness (QED) is 0.0590. The molecule has 2 aliphatic rings. The van der Waals surface area contributed by atoms with Crippen LogP contribution in [-0.2, 0) is 33.3 Å².